The van der Waals surface area contributed by atoms with Crippen molar-refractivity contribution < 1.29 is 23.5 Å². The summed E-state index contributed by atoms with van der Waals surface area (Å²) in [5, 5.41) is 6.12. The van der Waals surface area contributed by atoms with Crippen LogP contribution in [-0.2, 0) is 4.79 Å². The maximum absolute atomic E-state index is 12.8. The van der Waals surface area contributed by atoms with E-state index in [1.165, 1.54) is 6.08 Å². The lowest BCUT2D eigenvalue weighted by Crippen LogP contribution is -2.15. The largest absolute Gasteiger partial charge is 0.454 e. The number of para-hydroxylation sites is 1. The molecule has 0 aliphatic carbocycles. The summed E-state index contributed by atoms with van der Waals surface area (Å²) in [6.07, 6.45) is 2.99. The van der Waals surface area contributed by atoms with Gasteiger partial charge >= 0.3 is 0 Å². The molecule has 1 aliphatic rings. The Hall–Kier alpha value is -3.74. The van der Waals surface area contributed by atoms with Gasteiger partial charge in [0.25, 0.3) is 5.91 Å². The molecule has 0 bridgehead atoms. The van der Waals surface area contributed by atoms with Crippen LogP contribution < -0.4 is 20.1 Å². The molecule has 4 rings (SSSR count). The molecule has 136 valence electrons. The molecule has 0 radical (unpaired) electrons. The van der Waals surface area contributed by atoms with Crippen LogP contribution in [0.2, 0.25) is 0 Å². The molecule has 2 amide bonds. The maximum Gasteiger partial charge on any atom is 0.293 e. The number of allylic oxidation sites excluding steroid dienone is 1. The van der Waals surface area contributed by atoms with Gasteiger partial charge in [-0.2, -0.15) is 0 Å². The van der Waals surface area contributed by atoms with E-state index in [-0.39, 0.29) is 18.5 Å². The molecule has 1 aliphatic heterocycles. The highest BCUT2D eigenvalue weighted by Crippen LogP contribution is 2.35. The van der Waals surface area contributed by atoms with Gasteiger partial charge in [0.1, 0.15) is 11.3 Å². The van der Waals surface area contributed by atoms with E-state index in [1.807, 2.05) is 6.07 Å². The third kappa shape index (κ3) is 3.22. The van der Waals surface area contributed by atoms with Gasteiger partial charge in [0.15, 0.2) is 11.5 Å². The summed E-state index contributed by atoms with van der Waals surface area (Å²) in [4.78, 5) is 24.8. The lowest BCUT2D eigenvalue weighted by atomic mass is 10.2. The molecule has 7 heteroatoms. The van der Waals surface area contributed by atoms with Gasteiger partial charge in [-0.05, 0) is 37.3 Å². The maximum atomic E-state index is 12.8. The van der Waals surface area contributed by atoms with E-state index in [4.69, 9.17) is 13.9 Å². The normalized spacial score (nSPS) is 12.5. The fourth-order valence-corrected chi connectivity index (χ4v) is 2.81. The number of carbonyl (C=O) groups excluding carboxylic acids is 2. The second-order valence-corrected chi connectivity index (χ2v) is 5.81. The quantitative estimate of drug-likeness (QED) is 0.685. The number of hydrogen-bond acceptors (Lipinski definition) is 5. The molecule has 0 spiro atoms. The Morgan fingerprint density at radius 1 is 1.04 bits per heavy atom. The van der Waals surface area contributed by atoms with E-state index in [0.717, 1.165) is 0 Å². The third-order valence-electron chi connectivity index (χ3n) is 4.00. The van der Waals surface area contributed by atoms with Crippen molar-refractivity contribution in [1.29, 1.82) is 0 Å². The number of amides is 2. The van der Waals surface area contributed by atoms with Gasteiger partial charge in [-0.25, -0.2) is 0 Å². The summed E-state index contributed by atoms with van der Waals surface area (Å²) in [6, 6.07) is 12.2. The summed E-state index contributed by atoms with van der Waals surface area (Å²) >= 11 is 0. The molecule has 27 heavy (non-hydrogen) atoms. The predicted octanol–water partition coefficient (Wildman–Crippen LogP) is 3.93. The fourth-order valence-electron chi connectivity index (χ4n) is 2.81. The first-order chi connectivity index (χ1) is 13.2. The van der Waals surface area contributed by atoms with Crippen LogP contribution in [-0.4, -0.2) is 18.6 Å². The van der Waals surface area contributed by atoms with E-state index in [0.29, 0.717) is 33.8 Å². The SMILES string of the molecule is CC=CC(=O)Nc1c(C(=O)Nc2ccc3c(c2)OCO3)oc2ccccc12. The van der Waals surface area contributed by atoms with Gasteiger partial charge in [0.2, 0.25) is 18.5 Å². The van der Waals surface area contributed by atoms with Crippen LogP contribution >= 0.6 is 0 Å². The van der Waals surface area contributed by atoms with Gasteiger partial charge in [0.05, 0.1) is 0 Å². The standard InChI is InChI=1S/C20H16N2O5/c1-2-5-17(23)22-18-13-6-3-4-7-14(13)27-19(18)20(24)21-12-8-9-15-16(10-12)26-11-25-15/h2-10H,11H2,1H3,(H,21,24)(H,22,23). The van der Waals surface area contributed by atoms with Crippen LogP contribution in [0.25, 0.3) is 11.0 Å². The summed E-state index contributed by atoms with van der Waals surface area (Å²) in [5.41, 5.74) is 1.35. The minimum Gasteiger partial charge on any atom is -0.454 e. The molecule has 7 nitrogen and oxygen atoms in total. The molecule has 3 aromatic rings. The number of rotatable bonds is 4. The van der Waals surface area contributed by atoms with Crippen molar-refractivity contribution in [3.63, 3.8) is 0 Å². The molecule has 2 N–H and O–H groups in total. The average molecular weight is 364 g/mol. The van der Waals surface area contributed by atoms with Gasteiger partial charge in [0, 0.05) is 17.1 Å². The van der Waals surface area contributed by atoms with Crippen molar-refractivity contribution in [2.75, 3.05) is 17.4 Å². The van der Waals surface area contributed by atoms with Crippen LogP contribution in [0.15, 0.2) is 59.0 Å². The number of carbonyl (C=O) groups is 2. The minimum atomic E-state index is -0.485. The van der Waals surface area contributed by atoms with Gasteiger partial charge < -0.3 is 24.5 Å². The highest BCUT2D eigenvalue weighted by Gasteiger charge is 2.22. The second-order valence-electron chi connectivity index (χ2n) is 5.81. The highest BCUT2D eigenvalue weighted by molar-refractivity contribution is 6.15. The van der Waals surface area contributed by atoms with E-state index in [2.05, 4.69) is 10.6 Å². The Morgan fingerprint density at radius 3 is 2.70 bits per heavy atom. The Morgan fingerprint density at radius 2 is 1.85 bits per heavy atom. The average Bonchev–Trinajstić information content (AvgIpc) is 3.26. The van der Waals surface area contributed by atoms with Crippen LogP contribution in [0, 0.1) is 0 Å². The summed E-state index contributed by atoms with van der Waals surface area (Å²) in [6.45, 7) is 1.89. The molecular weight excluding hydrogens is 348 g/mol. The van der Waals surface area contributed by atoms with E-state index < -0.39 is 5.91 Å². The van der Waals surface area contributed by atoms with Crippen LogP contribution in [0.5, 0.6) is 11.5 Å². The van der Waals surface area contributed by atoms with Crippen LogP contribution in [0.4, 0.5) is 11.4 Å². The van der Waals surface area contributed by atoms with E-state index >= 15 is 0 Å². The zero-order chi connectivity index (χ0) is 18.8. The van der Waals surface area contributed by atoms with Crippen LogP contribution in [0.3, 0.4) is 0 Å². The van der Waals surface area contributed by atoms with Gasteiger partial charge in [-0.3, -0.25) is 9.59 Å². The number of furan rings is 1. The Bertz CT molecular complexity index is 1070. The second kappa shape index (κ2) is 6.87. The first-order valence-corrected chi connectivity index (χ1v) is 8.32. The number of benzene rings is 2. The summed E-state index contributed by atoms with van der Waals surface area (Å²) in [5.74, 6) is 0.365. The first kappa shape index (κ1) is 16.7. The Balaban J connectivity index is 1.67. The lowest BCUT2D eigenvalue weighted by Gasteiger charge is -2.07. The van der Waals surface area contributed by atoms with Crippen molar-refractivity contribution in [1.82, 2.24) is 0 Å². The number of nitrogens with one attached hydrogen (secondary N) is 2. The smallest absolute Gasteiger partial charge is 0.293 e. The van der Waals surface area contributed by atoms with E-state index in [1.54, 1.807) is 49.4 Å². The molecule has 0 saturated carbocycles. The number of ether oxygens (including phenoxy) is 2. The van der Waals surface area contributed by atoms with Gasteiger partial charge in [-0.15, -0.1) is 0 Å². The van der Waals surface area contributed by atoms with Crippen molar-refractivity contribution in [2.45, 2.75) is 6.92 Å². The molecular formula is C20H16N2O5. The Labute approximate surface area is 154 Å². The van der Waals surface area contributed by atoms with E-state index in [9.17, 15) is 9.59 Å². The first-order valence-electron chi connectivity index (χ1n) is 8.32. The highest BCUT2D eigenvalue weighted by atomic mass is 16.7. The monoisotopic (exact) mass is 364 g/mol. The van der Waals surface area contributed by atoms with Crippen molar-refractivity contribution >= 4 is 34.2 Å². The molecule has 2 aromatic carbocycles. The van der Waals surface area contributed by atoms with Crippen molar-refractivity contribution in [3.05, 3.63) is 60.4 Å². The molecule has 0 atom stereocenters. The molecule has 0 saturated heterocycles. The topological polar surface area (TPSA) is 89.8 Å². The molecule has 0 fully saturated rings. The number of anilines is 2. The third-order valence-corrected chi connectivity index (χ3v) is 4.00. The van der Waals surface area contributed by atoms with Crippen LogP contribution in [0.1, 0.15) is 17.5 Å². The summed E-state index contributed by atoms with van der Waals surface area (Å²) < 4.78 is 16.3. The Kier molecular flexibility index (Phi) is 4.25. The zero-order valence-corrected chi connectivity index (χ0v) is 14.4. The van der Waals surface area contributed by atoms with Crippen molar-refractivity contribution in [3.8, 4) is 11.5 Å². The predicted molar refractivity (Wildman–Crippen MR) is 100 cm³/mol. The fraction of sp³-hybridized carbons (Fsp3) is 0.100. The molecule has 2 heterocycles. The molecule has 1 aromatic heterocycles. The van der Waals surface area contributed by atoms with Gasteiger partial charge in [-0.1, -0.05) is 18.2 Å². The zero-order valence-electron chi connectivity index (χ0n) is 14.4. The molecule has 0 unspecified atom stereocenters. The van der Waals surface area contributed by atoms with Crippen molar-refractivity contribution in [2.24, 2.45) is 0 Å². The summed E-state index contributed by atoms with van der Waals surface area (Å²) in [7, 11) is 0. The minimum absolute atomic E-state index is 0.0201. The number of fused-ring (bicyclic) bond motifs is 2. The lowest BCUT2D eigenvalue weighted by molar-refractivity contribution is -0.111. The number of hydrogen-bond donors (Lipinski definition) is 2.